The van der Waals surface area contributed by atoms with Crippen molar-refractivity contribution in [2.75, 3.05) is 7.11 Å². The van der Waals surface area contributed by atoms with Crippen LogP contribution in [-0.2, 0) is 0 Å². The van der Waals surface area contributed by atoms with Gasteiger partial charge in [-0.2, -0.15) is 0 Å². The van der Waals surface area contributed by atoms with Gasteiger partial charge >= 0.3 is 5.97 Å². The molecule has 0 aliphatic carbocycles. The Bertz CT molecular complexity index is 807. The third kappa shape index (κ3) is 2.56. The number of benzene rings is 2. The average Bonchev–Trinajstić information content (AvgIpc) is 3.04. The highest BCUT2D eigenvalue weighted by Gasteiger charge is 2.09. The van der Waals surface area contributed by atoms with Crippen molar-refractivity contribution in [2.24, 2.45) is 0 Å². The van der Waals surface area contributed by atoms with Crippen LogP contribution < -0.4 is 4.74 Å². The van der Waals surface area contributed by atoms with Gasteiger partial charge in [0.25, 0.3) is 0 Å². The van der Waals surface area contributed by atoms with E-state index in [0.29, 0.717) is 0 Å². The number of hydrogen-bond donors (Lipinski definition) is 1. The lowest BCUT2D eigenvalue weighted by molar-refractivity contribution is 0.0697. The van der Waals surface area contributed by atoms with Gasteiger partial charge in [-0.3, -0.25) is 4.57 Å². The average molecular weight is 294 g/mol. The van der Waals surface area contributed by atoms with Crippen LogP contribution in [0.1, 0.15) is 10.4 Å². The molecule has 1 N–H and O–H groups in total. The van der Waals surface area contributed by atoms with Crippen molar-refractivity contribution < 1.29 is 14.6 Å². The lowest BCUT2D eigenvalue weighted by Gasteiger charge is -2.09. The maximum absolute atomic E-state index is 11.1. The molecule has 0 unspecified atom stereocenters. The van der Waals surface area contributed by atoms with Crippen molar-refractivity contribution in [3.63, 3.8) is 0 Å². The molecule has 0 spiro atoms. The zero-order chi connectivity index (χ0) is 15.5. The summed E-state index contributed by atoms with van der Waals surface area (Å²) in [7, 11) is 1.62. The zero-order valence-corrected chi connectivity index (χ0v) is 11.9. The van der Waals surface area contributed by atoms with Crippen LogP contribution in [0, 0.1) is 0 Å². The third-order valence-electron chi connectivity index (χ3n) is 3.40. The highest BCUT2D eigenvalue weighted by molar-refractivity contribution is 5.88. The first-order valence-electron chi connectivity index (χ1n) is 6.69. The van der Waals surface area contributed by atoms with E-state index in [2.05, 4.69) is 4.98 Å². The number of carbonyl (C=O) groups is 1. The number of nitrogens with zero attached hydrogens (tertiary/aromatic N) is 2. The summed E-state index contributed by atoms with van der Waals surface area (Å²) in [6.45, 7) is 0. The predicted molar refractivity (Wildman–Crippen MR) is 82.5 cm³/mol. The van der Waals surface area contributed by atoms with Gasteiger partial charge in [0.15, 0.2) is 0 Å². The van der Waals surface area contributed by atoms with Gasteiger partial charge < -0.3 is 9.84 Å². The van der Waals surface area contributed by atoms with E-state index in [-0.39, 0.29) is 5.56 Å². The van der Waals surface area contributed by atoms with Gasteiger partial charge in [0.2, 0.25) is 0 Å². The van der Waals surface area contributed by atoms with Crippen LogP contribution in [-0.4, -0.2) is 27.7 Å². The largest absolute Gasteiger partial charge is 0.497 e. The van der Waals surface area contributed by atoms with Crippen molar-refractivity contribution in [1.82, 2.24) is 9.55 Å². The fourth-order valence-electron chi connectivity index (χ4n) is 2.26. The number of rotatable bonds is 4. The van der Waals surface area contributed by atoms with E-state index in [1.54, 1.807) is 37.8 Å². The van der Waals surface area contributed by atoms with Gasteiger partial charge in [-0.05, 0) is 42.5 Å². The molecule has 0 fully saturated rings. The van der Waals surface area contributed by atoms with E-state index in [1.165, 1.54) is 0 Å². The first kappa shape index (κ1) is 13.9. The summed E-state index contributed by atoms with van der Waals surface area (Å²) in [6.07, 6.45) is 3.41. The van der Waals surface area contributed by atoms with Gasteiger partial charge in [0.05, 0.1) is 30.9 Å². The molecule has 5 heteroatoms. The minimum Gasteiger partial charge on any atom is -0.497 e. The minimum absolute atomic E-state index is 0.242. The van der Waals surface area contributed by atoms with Crippen LogP contribution in [0.3, 0.4) is 0 Å². The second-order valence-corrected chi connectivity index (χ2v) is 4.73. The molecule has 0 aliphatic rings. The Hall–Kier alpha value is -3.08. The van der Waals surface area contributed by atoms with Gasteiger partial charge in [-0.1, -0.05) is 6.07 Å². The molecule has 0 atom stereocenters. The third-order valence-corrected chi connectivity index (χ3v) is 3.40. The summed E-state index contributed by atoms with van der Waals surface area (Å²) >= 11 is 0. The number of ether oxygens (including phenoxy) is 1. The highest BCUT2D eigenvalue weighted by atomic mass is 16.5. The second kappa shape index (κ2) is 5.73. The zero-order valence-electron chi connectivity index (χ0n) is 11.9. The van der Waals surface area contributed by atoms with Gasteiger partial charge in [-0.15, -0.1) is 0 Å². The molecule has 3 rings (SSSR count). The van der Waals surface area contributed by atoms with E-state index in [0.717, 1.165) is 22.7 Å². The van der Waals surface area contributed by atoms with Crippen molar-refractivity contribution in [1.29, 1.82) is 0 Å². The Morgan fingerprint density at radius 2 is 1.95 bits per heavy atom. The number of aromatic carboxylic acids is 1. The molecule has 0 saturated heterocycles. The molecule has 0 amide bonds. The van der Waals surface area contributed by atoms with Gasteiger partial charge in [-0.25, -0.2) is 9.78 Å². The summed E-state index contributed by atoms with van der Waals surface area (Å²) in [6, 6.07) is 14.4. The van der Waals surface area contributed by atoms with Crippen LogP contribution in [0.2, 0.25) is 0 Å². The fraction of sp³-hybridized carbons (Fsp3) is 0.0588. The maximum atomic E-state index is 11.1. The first-order chi connectivity index (χ1) is 10.7. The van der Waals surface area contributed by atoms with E-state index < -0.39 is 5.97 Å². The summed E-state index contributed by atoms with van der Waals surface area (Å²) in [5, 5.41) is 9.11. The second-order valence-electron chi connectivity index (χ2n) is 4.73. The number of carboxylic acid groups (broad SMARTS) is 1. The van der Waals surface area contributed by atoms with E-state index in [1.807, 2.05) is 34.9 Å². The van der Waals surface area contributed by atoms with Crippen molar-refractivity contribution in [3.8, 4) is 22.7 Å². The minimum atomic E-state index is -0.951. The molecule has 2 aromatic carbocycles. The molecule has 0 bridgehead atoms. The van der Waals surface area contributed by atoms with Crippen molar-refractivity contribution >= 4 is 5.97 Å². The number of aromatic nitrogens is 2. The summed E-state index contributed by atoms with van der Waals surface area (Å²) < 4.78 is 7.01. The monoisotopic (exact) mass is 294 g/mol. The van der Waals surface area contributed by atoms with Crippen LogP contribution in [0.15, 0.2) is 61.1 Å². The Labute approximate surface area is 127 Å². The molecular weight excluding hydrogens is 280 g/mol. The van der Waals surface area contributed by atoms with Crippen LogP contribution in [0.25, 0.3) is 16.9 Å². The summed E-state index contributed by atoms with van der Waals surface area (Å²) in [5.41, 5.74) is 2.85. The molecule has 0 aliphatic heterocycles. The molecule has 22 heavy (non-hydrogen) atoms. The van der Waals surface area contributed by atoms with E-state index >= 15 is 0 Å². The maximum Gasteiger partial charge on any atom is 0.335 e. The number of methoxy groups -OCH3 is 1. The smallest absolute Gasteiger partial charge is 0.335 e. The summed E-state index contributed by atoms with van der Waals surface area (Å²) in [5.74, 6) is -0.171. The quantitative estimate of drug-likeness (QED) is 0.802. The SMILES string of the molecule is COc1ccc(-c2cncn2-c2cccc(C(=O)O)c2)cc1. The molecule has 0 radical (unpaired) electrons. The molecular formula is C17H14N2O3. The fourth-order valence-corrected chi connectivity index (χ4v) is 2.26. The molecule has 0 saturated carbocycles. The van der Waals surface area contributed by atoms with Gasteiger partial charge in [0, 0.05) is 11.3 Å². The Kier molecular flexibility index (Phi) is 3.62. The Morgan fingerprint density at radius 3 is 2.64 bits per heavy atom. The van der Waals surface area contributed by atoms with E-state index in [9.17, 15) is 4.79 Å². The van der Waals surface area contributed by atoms with Crippen LogP contribution in [0.4, 0.5) is 0 Å². The van der Waals surface area contributed by atoms with Crippen molar-refractivity contribution in [2.45, 2.75) is 0 Å². The van der Waals surface area contributed by atoms with Crippen LogP contribution in [0.5, 0.6) is 5.75 Å². The molecule has 5 nitrogen and oxygen atoms in total. The van der Waals surface area contributed by atoms with Crippen LogP contribution >= 0.6 is 0 Å². The normalized spacial score (nSPS) is 10.4. The highest BCUT2D eigenvalue weighted by Crippen LogP contribution is 2.25. The number of hydrogen-bond acceptors (Lipinski definition) is 3. The number of imidazole rings is 1. The Balaban J connectivity index is 2.04. The molecule has 3 aromatic rings. The first-order valence-corrected chi connectivity index (χ1v) is 6.69. The Morgan fingerprint density at radius 1 is 1.18 bits per heavy atom. The topological polar surface area (TPSA) is 64.4 Å². The predicted octanol–water partition coefficient (Wildman–Crippen LogP) is 3.25. The molecule has 1 heterocycles. The number of carboxylic acids is 1. The lowest BCUT2D eigenvalue weighted by atomic mass is 10.1. The summed E-state index contributed by atoms with van der Waals surface area (Å²) in [4.78, 5) is 15.3. The van der Waals surface area contributed by atoms with E-state index in [4.69, 9.17) is 9.84 Å². The lowest BCUT2D eigenvalue weighted by Crippen LogP contribution is -2.00. The standard InChI is InChI=1S/C17H14N2O3/c1-22-15-7-5-12(6-8-15)16-10-18-11-19(16)14-4-2-3-13(9-14)17(20)21/h2-11H,1H3,(H,20,21). The molecule has 110 valence electrons. The van der Waals surface area contributed by atoms with Crippen molar-refractivity contribution in [3.05, 3.63) is 66.6 Å². The van der Waals surface area contributed by atoms with Gasteiger partial charge in [0.1, 0.15) is 5.75 Å². The molecule has 1 aromatic heterocycles.